The van der Waals surface area contributed by atoms with Gasteiger partial charge >= 0.3 is 6.18 Å². The van der Waals surface area contributed by atoms with Crippen LogP contribution in [0.3, 0.4) is 0 Å². The lowest BCUT2D eigenvalue weighted by Crippen LogP contribution is -2.43. The summed E-state index contributed by atoms with van der Waals surface area (Å²) in [6.45, 7) is 3.67. The standard InChI is InChI=1S/C17H17F3N2/c18-17(19,20)15-5-1-3-13(11-15)14-4-2-6-16(12-14)22-9-7-21-8-10-22/h1-6,11-12,21H,7-10H2. The monoisotopic (exact) mass is 306 g/mol. The highest BCUT2D eigenvalue weighted by Crippen LogP contribution is 2.33. The van der Waals surface area contributed by atoms with Gasteiger partial charge in [-0.25, -0.2) is 0 Å². The van der Waals surface area contributed by atoms with Crippen molar-refractivity contribution in [3.8, 4) is 11.1 Å². The van der Waals surface area contributed by atoms with E-state index in [9.17, 15) is 13.2 Å². The van der Waals surface area contributed by atoms with Crippen LogP contribution in [0.2, 0.25) is 0 Å². The van der Waals surface area contributed by atoms with Crippen LogP contribution in [0.25, 0.3) is 11.1 Å². The summed E-state index contributed by atoms with van der Waals surface area (Å²) in [5, 5.41) is 3.29. The smallest absolute Gasteiger partial charge is 0.369 e. The van der Waals surface area contributed by atoms with E-state index in [1.807, 2.05) is 24.3 Å². The van der Waals surface area contributed by atoms with E-state index in [1.54, 1.807) is 6.07 Å². The maximum absolute atomic E-state index is 12.8. The molecule has 1 fully saturated rings. The third kappa shape index (κ3) is 3.25. The molecule has 0 bridgehead atoms. The maximum atomic E-state index is 12.8. The van der Waals surface area contributed by atoms with Crippen LogP contribution in [-0.4, -0.2) is 26.2 Å². The highest BCUT2D eigenvalue weighted by Gasteiger charge is 2.30. The van der Waals surface area contributed by atoms with E-state index < -0.39 is 11.7 Å². The molecule has 0 amide bonds. The quantitative estimate of drug-likeness (QED) is 0.908. The molecule has 1 aliphatic heterocycles. The number of benzene rings is 2. The molecule has 2 nitrogen and oxygen atoms in total. The molecule has 2 aromatic carbocycles. The van der Waals surface area contributed by atoms with Gasteiger partial charge in [0.15, 0.2) is 0 Å². The largest absolute Gasteiger partial charge is 0.416 e. The van der Waals surface area contributed by atoms with Crippen molar-refractivity contribution in [2.75, 3.05) is 31.1 Å². The van der Waals surface area contributed by atoms with E-state index in [1.165, 1.54) is 12.1 Å². The SMILES string of the molecule is FC(F)(F)c1cccc(-c2cccc(N3CCNCC3)c2)c1. The summed E-state index contributed by atoms with van der Waals surface area (Å²) in [6, 6.07) is 13.2. The summed E-state index contributed by atoms with van der Waals surface area (Å²) in [5.74, 6) is 0. The Balaban J connectivity index is 1.92. The minimum atomic E-state index is -4.31. The van der Waals surface area contributed by atoms with Crippen LogP contribution >= 0.6 is 0 Å². The molecular formula is C17H17F3N2. The average Bonchev–Trinajstić information content (AvgIpc) is 2.55. The number of hydrogen-bond donors (Lipinski definition) is 1. The minimum Gasteiger partial charge on any atom is -0.369 e. The van der Waals surface area contributed by atoms with E-state index in [-0.39, 0.29) is 0 Å². The van der Waals surface area contributed by atoms with Crippen molar-refractivity contribution in [3.05, 3.63) is 54.1 Å². The molecule has 0 radical (unpaired) electrons. The molecule has 0 atom stereocenters. The predicted molar refractivity (Wildman–Crippen MR) is 82.0 cm³/mol. The van der Waals surface area contributed by atoms with Crippen LogP contribution in [0, 0.1) is 0 Å². The zero-order valence-electron chi connectivity index (χ0n) is 12.0. The molecule has 1 aliphatic rings. The van der Waals surface area contributed by atoms with Gasteiger partial charge in [-0.2, -0.15) is 13.2 Å². The normalized spacial score (nSPS) is 15.9. The first-order valence-electron chi connectivity index (χ1n) is 7.27. The minimum absolute atomic E-state index is 0.590. The number of nitrogens with zero attached hydrogens (tertiary/aromatic N) is 1. The molecule has 3 rings (SSSR count). The molecule has 22 heavy (non-hydrogen) atoms. The highest BCUT2D eigenvalue weighted by molar-refractivity contribution is 5.69. The first kappa shape index (κ1) is 14.9. The third-order valence-electron chi connectivity index (χ3n) is 3.85. The second kappa shape index (κ2) is 6.01. The van der Waals surface area contributed by atoms with Crippen LogP contribution in [0.4, 0.5) is 18.9 Å². The maximum Gasteiger partial charge on any atom is 0.416 e. The van der Waals surface area contributed by atoms with Crippen LogP contribution in [0.15, 0.2) is 48.5 Å². The molecule has 1 saturated heterocycles. The molecule has 5 heteroatoms. The zero-order chi connectivity index (χ0) is 15.6. The van der Waals surface area contributed by atoms with Gasteiger partial charge in [0, 0.05) is 31.9 Å². The van der Waals surface area contributed by atoms with Gasteiger partial charge in [0.2, 0.25) is 0 Å². The Bertz CT molecular complexity index is 646. The Morgan fingerprint density at radius 1 is 0.864 bits per heavy atom. The molecule has 0 aromatic heterocycles. The molecular weight excluding hydrogens is 289 g/mol. The second-order valence-electron chi connectivity index (χ2n) is 5.37. The lowest BCUT2D eigenvalue weighted by Gasteiger charge is -2.29. The number of rotatable bonds is 2. The number of halogens is 3. The summed E-state index contributed by atoms with van der Waals surface area (Å²) < 4.78 is 38.5. The molecule has 0 saturated carbocycles. The van der Waals surface area contributed by atoms with Crippen molar-refractivity contribution in [1.82, 2.24) is 5.32 Å². The summed E-state index contributed by atoms with van der Waals surface area (Å²) >= 11 is 0. The molecule has 1 N–H and O–H groups in total. The van der Waals surface area contributed by atoms with Gasteiger partial charge in [0.05, 0.1) is 5.56 Å². The first-order valence-corrected chi connectivity index (χ1v) is 7.27. The van der Waals surface area contributed by atoms with E-state index in [2.05, 4.69) is 10.2 Å². The van der Waals surface area contributed by atoms with Crippen molar-refractivity contribution in [1.29, 1.82) is 0 Å². The van der Waals surface area contributed by atoms with E-state index in [4.69, 9.17) is 0 Å². The molecule has 0 aliphatic carbocycles. The summed E-state index contributed by atoms with van der Waals surface area (Å²) in [7, 11) is 0. The Labute approximate surface area is 127 Å². The Morgan fingerprint density at radius 3 is 2.18 bits per heavy atom. The van der Waals surface area contributed by atoms with Crippen molar-refractivity contribution in [2.24, 2.45) is 0 Å². The van der Waals surface area contributed by atoms with Crippen molar-refractivity contribution < 1.29 is 13.2 Å². The third-order valence-corrected chi connectivity index (χ3v) is 3.85. The summed E-state index contributed by atoms with van der Waals surface area (Å²) in [5.41, 5.74) is 1.84. The van der Waals surface area contributed by atoms with Crippen molar-refractivity contribution in [3.63, 3.8) is 0 Å². The fourth-order valence-corrected chi connectivity index (χ4v) is 2.68. The molecule has 2 aromatic rings. The number of anilines is 1. The van der Waals surface area contributed by atoms with Crippen LogP contribution in [0.5, 0.6) is 0 Å². The molecule has 1 heterocycles. The topological polar surface area (TPSA) is 15.3 Å². The van der Waals surface area contributed by atoms with Crippen LogP contribution < -0.4 is 10.2 Å². The first-order chi connectivity index (χ1) is 10.5. The predicted octanol–water partition coefficient (Wildman–Crippen LogP) is 3.78. The number of hydrogen-bond acceptors (Lipinski definition) is 2. The van der Waals surface area contributed by atoms with E-state index >= 15 is 0 Å². The van der Waals surface area contributed by atoms with Gasteiger partial charge in [-0.3, -0.25) is 0 Å². The highest BCUT2D eigenvalue weighted by atomic mass is 19.4. The fraction of sp³-hybridized carbons (Fsp3) is 0.294. The zero-order valence-corrected chi connectivity index (χ0v) is 12.0. The Kier molecular flexibility index (Phi) is 4.07. The van der Waals surface area contributed by atoms with Crippen LogP contribution in [0.1, 0.15) is 5.56 Å². The molecule has 0 unspecified atom stereocenters. The summed E-state index contributed by atoms with van der Waals surface area (Å²) in [6.07, 6.45) is -4.31. The lowest BCUT2D eigenvalue weighted by atomic mass is 10.0. The van der Waals surface area contributed by atoms with Gasteiger partial charge in [0.1, 0.15) is 0 Å². The van der Waals surface area contributed by atoms with Gasteiger partial charge in [-0.15, -0.1) is 0 Å². The fourth-order valence-electron chi connectivity index (χ4n) is 2.68. The Hall–Kier alpha value is -2.01. The Morgan fingerprint density at radius 2 is 1.50 bits per heavy atom. The molecule has 0 spiro atoms. The van der Waals surface area contributed by atoms with Crippen LogP contribution in [-0.2, 0) is 6.18 Å². The van der Waals surface area contributed by atoms with Crippen molar-refractivity contribution in [2.45, 2.75) is 6.18 Å². The summed E-state index contributed by atoms with van der Waals surface area (Å²) in [4.78, 5) is 2.24. The number of alkyl halides is 3. The van der Waals surface area contributed by atoms with E-state index in [0.29, 0.717) is 5.56 Å². The van der Waals surface area contributed by atoms with Crippen molar-refractivity contribution >= 4 is 5.69 Å². The van der Waals surface area contributed by atoms with Gasteiger partial charge in [-0.1, -0.05) is 24.3 Å². The number of piperazine rings is 1. The lowest BCUT2D eigenvalue weighted by molar-refractivity contribution is -0.137. The second-order valence-corrected chi connectivity index (χ2v) is 5.37. The van der Waals surface area contributed by atoms with E-state index in [0.717, 1.165) is 43.5 Å². The van der Waals surface area contributed by atoms with Gasteiger partial charge in [-0.05, 0) is 35.4 Å². The average molecular weight is 306 g/mol. The molecule has 116 valence electrons. The van der Waals surface area contributed by atoms with Gasteiger partial charge in [0.25, 0.3) is 0 Å². The van der Waals surface area contributed by atoms with Gasteiger partial charge < -0.3 is 10.2 Å². The number of nitrogens with one attached hydrogen (secondary N) is 1.